The van der Waals surface area contributed by atoms with Gasteiger partial charge in [0.15, 0.2) is 0 Å². The van der Waals surface area contributed by atoms with Gasteiger partial charge >= 0.3 is 0 Å². The second-order valence-corrected chi connectivity index (χ2v) is 5.97. The molecule has 0 aromatic heterocycles. The monoisotopic (exact) mass is 361 g/mol. The Bertz CT molecular complexity index is 819. The number of halogens is 1. The Morgan fingerprint density at radius 1 is 1.16 bits per heavy atom. The van der Waals surface area contributed by atoms with E-state index < -0.39 is 10.8 Å². The Labute approximate surface area is 149 Å². The maximum atomic E-state index is 12.3. The number of nitrogens with zero attached hydrogens (tertiary/aromatic N) is 2. The summed E-state index contributed by atoms with van der Waals surface area (Å²) in [7, 11) is 3.35. The molecular weight excluding hydrogens is 346 g/mol. The van der Waals surface area contributed by atoms with E-state index in [1.165, 1.54) is 23.1 Å². The van der Waals surface area contributed by atoms with Crippen molar-refractivity contribution in [2.75, 3.05) is 19.4 Å². The Kier molecular flexibility index (Phi) is 5.71. The number of amides is 2. The second-order valence-electron chi connectivity index (χ2n) is 5.53. The van der Waals surface area contributed by atoms with Gasteiger partial charge in [-0.05, 0) is 29.8 Å². The average molecular weight is 362 g/mol. The van der Waals surface area contributed by atoms with Crippen LogP contribution in [0.15, 0.2) is 42.5 Å². The SMILES string of the molecule is CN(C)C(=O)Cc1ccc(NC(=O)c2cc(Cl)ccc2[N+](=O)[O-])cc1. The van der Waals surface area contributed by atoms with Crippen LogP contribution in [-0.4, -0.2) is 35.7 Å². The molecule has 0 spiro atoms. The molecule has 0 saturated carbocycles. The van der Waals surface area contributed by atoms with Crippen molar-refractivity contribution >= 4 is 34.8 Å². The van der Waals surface area contributed by atoms with Crippen LogP contribution in [0.5, 0.6) is 0 Å². The quantitative estimate of drug-likeness (QED) is 0.654. The van der Waals surface area contributed by atoms with Gasteiger partial charge < -0.3 is 10.2 Å². The summed E-state index contributed by atoms with van der Waals surface area (Å²) in [6.45, 7) is 0. The highest BCUT2D eigenvalue weighted by molar-refractivity contribution is 6.31. The molecule has 25 heavy (non-hydrogen) atoms. The first kappa shape index (κ1) is 18.4. The lowest BCUT2D eigenvalue weighted by molar-refractivity contribution is -0.385. The summed E-state index contributed by atoms with van der Waals surface area (Å²) in [5.74, 6) is -0.669. The zero-order valence-electron chi connectivity index (χ0n) is 13.7. The fraction of sp³-hybridized carbons (Fsp3) is 0.176. The lowest BCUT2D eigenvalue weighted by Crippen LogP contribution is -2.23. The molecule has 0 atom stereocenters. The molecule has 0 aliphatic rings. The van der Waals surface area contributed by atoms with Crippen LogP contribution in [0.25, 0.3) is 0 Å². The molecule has 7 nitrogen and oxygen atoms in total. The van der Waals surface area contributed by atoms with Crippen LogP contribution in [0.2, 0.25) is 5.02 Å². The molecule has 0 unspecified atom stereocenters. The molecule has 0 aliphatic heterocycles. The number of nitrogens with one attached hydrogen (secondary N) is 1. The smallest absolute Gasteiger partial charge is 0.282 e. The van der Waals surface area contributed by atoms with E-state index in [1.54, 1.807) is 38.4 Å². The molecule has 8 heteroatoms. The first-order valence-corrected chi connectivity index (χ1v) is 7.70. The summed E-state index contributed by atoms with van der Waals surface area (Å²) in [5, 5.41) is 13.9. The number of benzene rings is 2. The minimum absolute atomic E-state index is 0.0358. The highest BCUT2D eigenvalue weighted by Gasteiger charge is 2.20. The first-order valence-electron chi connectivity index (χ1n) is 7.32. The molecular formula is C17H16ClN3O4. The Balaban J connectivity index is 2.15. The summed E-state index contributed by atoms with van der Waals surface area (Å²) in [4.78, 5) is 35.9. The number of anilines is 1. The Morgan fingerprint density at radius 3 is 2.36 bits per heavy atom. The Morgan fingerprint density at radius 2 is 1.80 bits per heavy atom. The van der Waals surface area contributed by atoms with Gasteiger partial charge in [0.2, 0.25) is 5.91 Å². The number of likely N-dealkylation sites (N-methyl/N-ethyl adjacent to an activating group) is 1. The van der Waals surface area contributed by atoms with E-state index in [9.17, 15) is 19.7 Å². The third-order valence-corrected chi connectivity index (χ3v) is 3.70. The van der Waals surface area contributed by atoms with Gasteiger partial charge in [0.25, 0.3) is 11.6 Å². The van der Waals surface area contributed by atoms with Crippen LogP contribution in [0, 0.1) is 10.1 Å². The summed E-state index contributed by atoms with van der Waals surface area (Å²) < 4.78 is 0. The number of carbonyl (C=O) groups is 2. The lowest BCUT2D eigenvalue weighted by atomic mass is 10.1. The fourth-order valence-electron chi connectivity index (χ4n) is 2.09. The van der Waals surface area contributed by atoms with Crippen LogP contribution in [-0.2, 0) is 11.2 Å². The van der Waals surface area contributed by atoms with E-state index in [1.807, 2.05) is 0 Å². The zero-order chi connectivity index (χ0) is 18.6. The van der Waals surface area contributed by atoms with E-state index in [0.717, 1.165) is 5.56 Å². The van der Waals surface area contributed by atoms with Crippen molar-refractivity contribution in [3.8, 4) is 0 Å². The minimum Gasteiger partial charge on any atom is -0.349 e. The molecule has 2 aromatic carbocycles. The van der Waals surface area contributed by atoms with Crippen LogP contribution in [0.3, 0.4) is 0 Å². The molecule has 0 fully saturated rings. The van der Waals surface area contributed by atoms with Crippen molar-refractivity contribution in [1.82, 2.24) is 4.90 Å². The molecule has 0 bridgehead atoms. The van der Waals surface area contributed by atoms with Crippen molar-refractivity contribution in [2.24, 2.45) is 0 Å². The minimum atomic E-state index is -0.638. The Hall–Kier alpha value is -2.93. The van der Waals surface area contributed by atoms with E-state index in [0.29, 0.717) is 5.69 Å². The van der Waals surface area contributed by atoms with Crippen molar-refractivity contribution in [3.63, 3.8) is 0 Å². The maximum Gasteiger partial charge on any atom is 0.282 e. The van der Waals surface area contributed by atoms with E-state index in [2.05, 4.69) is 5.32 Å². The number of nitro groups is 1. The predicted octanol–water partition coefficient (Wildman–Crippen LogP) is 3.13. The molecule has 2 amide bonds. The lowest BCUT2D eigenvalue weighted by Gasteiger charge is -2.11. The van der Waals surface area contributed by atoms with Gasteiger partial charge in [0.1, 0.15) is 5.56 Å². The van der Waals surface area contributed by atoms with Crippen molar-refractivity contribution in [1.29, 1.82) is 0 Å². The molecule has 0 saturated heterocycles. The third kappa shape index (κ3) is 4.77. The standard InChI is InChI=1S/C17H16ClN3O4/c1-20(2)16(22)9-11-3-6-13(7-4-11)19-17(23)14-10-12(18)5-8-15(14)21(24)25/h3-8,10H,9H2,1-2H3,(H,19,23). The van der Waals surface area contributed by atoms with Gasteiger partial charge in [-0.3, -0.25) is 19.7 Å². The van der Waals surface area contributed by atoms with Crippen LogP contribution in [0.4, 0.5) is 11.4 Å². The van der Waals surface area contributed by atoms with Crippen molar-refractivity contribution in [2.45, 2.75) is 6.42 Å². The predicted molar refractivity (Wildman–Crippen MR) is 94.9 cm³/mol. The van der Waals surface area contributed by atoms with Crippen LogP contribution < -0.4 is 5.32 Å². The van der Waals surface area contributed by atoms with Gasteiger partial charge in [0, 0.05) is 30.9 Å². The number of hydrogen-bond donors (Lipinski definition) is 1. The van der Waals surface area contributed by atoms with Gasteiger partial charge in [-0.15, -0.1) is 0 Å². The summed E-state index contributed by atoms with van der Waals surface area (Å²) >= 11 is 5.82. The largest absolute Gasteiger partial charge is 0.349 e. The summed E-state index contributed by atoms with van der Waals surface area (Å²) in [6, 6.07) is 10.5. The first-order chi connectivity index (χ1) is 11.8. The van der Waals surface area contributed by atoms with E-state index in [4.69, 9.17) is 11.6 Å². The fourth-order valence-corrected chi connectivity index (χ4v) is 2.26. The molecule has 130 valence electrons. The van der Waals surface area contributed by atoms with Crippen LogP contribution in [0.1, 0.15) is 15.9 Å². The molecule has 1 N–H and O–H groups in total. The molecule has 0 radical (unpaired) electrons. The van der Waals surface area contributed by atoms with Crippen molar-refractivity contribution in [3.05, 3.63) is 68.7 Å². The van der Waals surface area contributed by atoms with Crippen LogP contribution >= 0.6 is 11.6 Å². The maximum absolute atomic E-state index is 12.3. The molecule has 2 rings (SSSR count). The summed E-state index contributed by atoms with van der Waals surface area (Å²) in [5.41, 5.74) is 0.810. The average Bonchev–Trinajstić information content (AvgIpc) is 2.56. The third-order valence-electron chi connectivity index (χ3n) is 3.47. The number of carbonyl (C=O) groups excluding carboxylic acids is 2. The highest BCUT2D eigenvalue weighted by atomic mass is 35.5. The molecule has 0 heterocycles. The second kappa shape index (κ2) is 7.76. The highest BCUT2D eigenvalue weighted by Crippen LogP contribution is 2.24. The van der Waals surface area contributed by atoms with Gasteiger partial charge in [0.05, 0.1) is 11.3 Å². The van der Waals surface area contributed by atoms with Gasteiger partial charge in [-0.25, -0.2) is 0 Å². The number of hydrogen-bond acceptors (Lipinski definition) is 4. The molecule has 2 aromatic rings. The number of rotatable bonds is 5. The number of nitro benzene ring substituents is 1. The summed E-state index contributed by atoms with van der Waals surface area (Å²) in [6.07, 6.45) is 0.251. The van der Waals surface area contributed by atoms with E-state index >= 15 is 0 Å². The van der Waals surface area contributed by atoms with E-state index in [-0.39, 0.29) is 28.6 Å². The van der Waals surface area contributed by atoms with Crippen molar-refractivity contribution < 1.29 is 14.5 Å². The van der Waals surface area contributed by atoms with Gasteiger partial charge in [-0.2, -0.15) is 0 Å². The van der Waals surface area contributed by atoms with Gasteiger partial charge in [-0.1, -0.05) is 23.7 Å². The topological polar surface area (TPSA) is 92.6 Å². The normalized spacial score (nSPS) is 10.2. The molecule has 0 aliphatic carbocycles. The zero-order valence-corrected chi connectivity index (χ0v) is 14.4.